The minimum absolute atomic E-state index is 0.0471. The first kappa shape index (κ1) is 15.5. The van der Waals surface area contributed by atoms with E-state index in [-0.39, 0.29) is 12.1 Å². The van der Waals surface area contributed by atoms with Crippen molar-refractivity contribution in [1.82, 2.24) is 0 Å². The van der Waals surface area contributed by atoms with E-state index in [1.165, 1.54) is 6.07 Å². The average Bonchev–Trinajstić information content (AvgIpc) is 2.40. The molecule has 0 bridgehead atoms. The van der Waals surface area contributed by atoms with Crippen molar-refractivity contribution in [1.29, 1.82) is 0 Å². The van der Waals surface area contributed by atoms with Crippen molar-refractivity contribution in [3.63, 3.8) is 0 Å². The molecule has 3 nitrogen and oxygen atoms in total. The summed E-state index contributed by atoms with van der Waals surface area (Å²) in [6.45, 7) is -0.0471. The van der Waals surface area contributed by atoms with Gasteiger partial charge in [0.15, 0.2) is 9.84 Å². The molecule has 0 aliphatic heterocycles. The Morgan fingerprint density at radius 3 is 2.14 bits per heavy atom. The van der Waals surface area contributed by atoms with Crippen LogP contribution in [0.25, 0.3) is 0 Å². The second-order valence-electron chi connectivity index (χ2n) is 4.45. The van der Waals surface area contributed by atoms with Crippen molar-refractivity contribution in [2.24, 2.45) is 5.73 Å². The Bertz CT molecular complexity index is 776. The van der Waals surface area contributed by atoms with Gasteiger partial charge in [-0.25, -0.2) is 21.6 Å². The molecule has 0 heterocycles. The fourth-order valence-electron chi connectivity index (χ4n) is 1.94. The van der Waals surface area contributed by atoms with E-state index < -0.39 is 37.9 Å². The first-order valence-electron chi connectivity index (χ1n) is 5.98. The van der Waals surface area contributed by atoms with Gasteiger partial charge < -0.3 is 5.73 Å². The standard InChI is InChI=1S/C14H12F3NO2S/c15-11-2-1-9(10(5-11)7-18)8-21(19,20)14-4-3-12(16)6-13(14)17/h1-6H,7-8,18H2. The van der Waals surface area contributed by atoms with Gasteiger partial charge in [0.25, 0.3) is 0 Å². The fourth-order valence-corrected chi connectivity index (χ4v) is 3.41. The van der Waals surface area contributed by atoms with Crippen LogP contribution in [-0.4, -0.2) is 8.42 Å². The Morgan fingerprint density at radius 1 is 0.905 bits per heavy atom. The first-order valence-corrected chi connectivity index (χ1v) is 7.64. The predicted molar refractivity (Wildman–Crippen MR) is 71.5 cm³/mol. The van der Waals surface area contributed by atoms with Crippen LogP contribution in [0.2, 0.25) is 0 Å². The monoisotopic (exact) mass is 315 g/mol. The number of hydrogen-bond acceptors (Lipinski definition) is 3. The van der Waals surface area contributed by atoms with Crippen LogP contribution in [0.15, 0.2) is 41.3 Å². The molecule has 21 heavy (non-hydrogen) atoms. The molecule has 0 amide bonds. The molecular formula is C14H12F3NO2S. The number of rotatable bonds is 4. The normalized spacial score (nSPS) is 11.6. The van der Waals surface area contributed by atoms with E-state index in [0.717, 1.165) is 24.3 Å². The van der Waals surface area contributed by atoms with E-state index in [4.69, 9.17) is 5.73 Å². The SMILES string of the molecule is NCc1cc(F)ccc1CS(=O)(=O)c1ccc(F)cc1F. The molecule has 0 spiro atoms. The molecule has 0 fully saturated rings. The lowest BCUT2D eigenvalue weighted by molar-refractivity contribution is 0.548. The summed E-state index contributed by atoms with van der Waals surface area (Å²) in [6.07, 6.45) is 0. The molecular weight excluding hydrogens is 303 g/mol. The van der Waals surface area contributed by atoms with E-state index in [1.54, 1.807) is 0 Å². The van der Waals surface area contributed by atoms with Gasteiger partial charge in [0, 0.05) is 12.6 Å². The maximum atomic E-state index is 13.6. The molecule has 112 valence electrons. The molecule has 0 aromatic heterocycles. The van der Waals surface area contributed by atoms with Crippen molar-refractivity contribution < 1.29 is 21.6 Å². The summed E-state index contributed by atoms with van der Waals surface area (Å²) in [5, 5.41) is 0. The molecule has 0 aliphatic rings. The summed E-state index contributed by atoms with van der Waals surface area (Å²) >= 11 is 0. The summed E-state index contributed by atoms with van der Waals surface area (Å²) < 4.78 is 63.9. The molecule has 2 aromatic rings. The highest BCUT2D eigenvalue weighted by Crippen LogP contribution is 2.22. The third kappa shape index (κ3) is 3.43. The number of halogens is 3. The molecule has 2 rings (SSSR count). The van der Waals surface area contributed by atoms with Crippen molar-refractivity contribution in [2.45, 2.75) is 17.2 Å². The molecule has 0 saturated heterocycles. The van der Waals surface area contributed by atoms with Crippen LogP contribution in [0.5, 0.6) is 0 Å². The molecule has 0 radical (unpaired) electrons. The number of sulfone groups is 1. The van der Waals surface area contributed by atoms with E-state index in [2.05, 4.69) is 0 Å². The molecule has 2 N–H and O–H groups in total. The summed E-state index contributed by atoms with van der Waals surface area (Å²) in [7, 11) is -4.03. The topological polar surface area (TPSA) is 60.2 Å². The van der Waals surface area contributed by atoms with Crippen LogP contribution in [0.3, 0.4) is 0 Å². The predicted octanol–water partition coefficient (Wildman–Crippen LogP) is 2.54. The van der Waals surface area contributed by atoms with Gasteiger partial charge in [-0.05, 0) is 35.4 Å². The summed E-state index contributed by atoms with van der Waals surface area (Å²) in [5.41, 5.74) is 6.04. The van der Waals surface area contributed by atoms with Crippen molar-refractivity contribution in [2.75, 3.05) is 0 Å². The minimum atomic E-state index is -4.03. The Balaban J connectivity index is 2.42. The Hall–Kier alpha value is -1.86. The second-order valence-corrected chi connectivity index (χ2v) is 6.41. The van der Waals surface area contributed by atoms with E-state index in [0.29, 0.717) is 11.6 Å². The first-order chi connectivity index (χ1) is 9.83. The van der Waals surface area contributed by atoms with Crippen molar-refractivity contribution in [3.05, 3.63) is 65.0 Å². The molecule has 0 atom stereocenters. The lowest BCUT2D eigenvalue weighted by Gasteiger charge is -2.10. The maximum Gasteiger partial charge on any atom is 0.185 e. The van der Waals surface area contributed by atoms with Crippen molar-refractivity contribution >= 4 is 9.84 Å². The summed E-state index contributed by atoms with van der Waals surface area (Å²) in [5.74, 6) is -3.10. The van der Waals surface area contributed by atoms with Crippen molar-refractivity contribution in [3.8, 4) is 0 Å². The maximum absolute atomic E-state index is 13.6. The highest BCUT2D eigenvalue weighted by atomic mass is 32.2. The molecule has 2 aromatic carbocycles. The molecule has 7 heteroatoms. The zero-order valence-electron chi connectivity index (χ0n) is 10.8. The van der Waals surface area contributed by atoms with E-state index in [1.807, 2.05) is 0 Å². The van der Waals surface area contributed by atoms with Gasteiger partial charge in [0.2, 0.25) is 0 Å². The van der Waals surface area contributed by atoms with Gasteiger partial charge in [-0.2, -0.15) is 0 Å². The second kappa shape index (κ2) is 5.87. The van der Waals surface area contributed by atoms with E-state index >= 15 is 0 Å². The quantitative estimate of drug-likeness (QED) is 0.882. The third-order valence-electron chi connectivity index (χ3n) is 2.96. The van der Waals surface area contributed by atoms with E-state index in [9.17, 15) is 21.6 Å². The fraction of sp³-hybridized carbons (Fsp3) is 0.143. The van der Waals surface area contributed by atoms with Gasteiger partial charge in [0.1, 0.15) is 22.3 Å². The summed E-state index contributed by atoms with van der Waals surface area (Å²) in [4.78, 5) is -0.601. The van der Waals surface area contributed by atoms with Gasteiger partial charge in [0.05, 0.1) is 5.75 Å². The number of hydrogen-bond donors (Lipinski definition) is 1. The number of nitrogens with two attached hydrogens (primary N) is 1. The van der Waals surface area contributed by atoms with Crippen LogP contribution >= 0.6 is 0 Å². The third-order valence-corrected chi connectivity index (χ3v) is 4.65. The smallest absolute Gasteiger partial charge is 0.185 e. The van der Waals surface area contributed by atoms with Gasteiger partial charge >= 0.3 is 0 Å². The van der Waals surface area contributed by atoms with Crippen LogP contribution in [0, 0.1) is 17.5 Å². The van der Waals surface area contributed by atoms with Crippen LogP contribution in [-0.2, 0) is 22.1 Å². The Morgan fingerprint density at radius 2 is 1.52 bits per heavy atom. The highest BCUT2D eigenvalue weighted by Gasteiger charge is 2.21. The van der Waals surface area contributed by atoms with Crippen LogP contribution in [0.1, 0.15) is 11.1 Å². The zero-order valence-corrected chi connectivity index (χ0v) is 11.6. The average molecular weight is 315 g/mol. The van der Waals surface area contributed by atoms with Crippen LogP contribution in [0.4, 0.5) is 13.2 Å². The lowest BCUT2D eigenvalue weighted by Crippen LogP contribution is -2.11. The molecule has 0 aliphatic carbocycles. The van der Waals surface area contributed by atoms with Gasteiger partial charge in [-0.15, -0.1) is 0 Å². The lowest BCUT2D eigenvalue weighted by atomic mass is 10.1. The largest absolute Gasteiger partial charge is 0.326 e. The molecule has 0 saturated carbocycles. The number of benzene rings is 2. The highest BCUT2D eigenvalue weighted by molar-refractivity contribution is 7.90. The van der Waals surface area contributed by atoms with Crippen LogP contribution < -0.4 is 5.73 Å². The van der Waals surface area contributed by atoms with Gasteiger partial charge in [-0.1, -0.05) is 6.07 Å². The Kier molecular flexibility index (Phi) is 4.34. The summed E-state index contributed by atoms with van der Waals surface area (Å²) in [6, 6.07) is 5.75. The Labute approximate surface area is 120 Å². The molecule has 0 unspecified atom stereocenters. The zero-order chi connectivity index (χ0) is 15.6. The minimum Gasteiger partial charge on any atom is -0.326 e. The van der Waals surface area contributed by atoms with Gasteiger partial charge in [-0.3, -0.25) is 0 Å².